The van der Waals surface area contributed by atoms with Crippen LogP contribution in [0.5, 0.6) is 5.75 Å². The summed E-state index contributed by atoms with van der Waals surface area (Å²) in [6.45, 7) is 2.28. The molecule has 5 nitrogen and oxygen atoms in total. The van der Waals surface area contributed by atoms with Gasteiger partial charge >= 0.3 is 0 Å². The fourth-order valence-electron chi connectivity index (χ4n) is 3.37. The standard InChI is InChI=1S/C25H26N2O3/c1-3-27(18-23(28)26-21-15-10-16-22(17-21)30-2)25(29)24(19-11-6-4-7-12-19)20-13-8-5-9-14-20/h4-17,24H,3,18H2,1-2H3,(H,26,28). The third kappa shape index (κ3) is 5.26. The first-order valence-corrected chi connectivity index (χ1v) is 9.95. The number of carbonyl (C=O) groups is 2. The van der Waals surface area contributed by atoms with E-state index in [9.17, 15) is 9.59 Å². The van der Waals surface area contributed by atoms with Crippen LogP contribution in [0.25, 0.3) is 0 Å². The van der Waals surface area contributed by atoms with Crippen LogP contribution in [-0.2, 0) is 9.59 Å². The molecule has 0 aliphatic carbocycles. The molecule has 30 heavy (non-hydrogen) atoms. The molecule has 1 N–H and O–H groups in total. The summed E-state index contributed by atoms with van der Waals surface area (Å²) >= 11 is 0. The molecule has 0 fully saturated rings. The second-order valence-electron chi connectivity index (χ2n) is 6.89. The minimum atomic E-state index is -0.461. The highest BCUT2D eigenvalue weighted by Crippen LogP contribution is 2.27. The van der Waals surface area contributed by atoms with E-state index in [2.05, 4.69) is 5.32 Å². The highest BCUT2D eigenvalue weighted by molar-refractivity contribution is 5.96. The first kappa shape index (κ1) is 21.1. The summed E-state index contributed by atoms with van der Waals surface area (Å²) in [7, 11) is 1.58. The number of hydrogen-bond donors (Lipinski definition) is 1. The second kappa shape index (κ2) is 10.3. The molecule has 0 radical (unpaired) electrons. The van der Waals surface area contributed by atoms with Crippen molar-refractivity contribution in [2.75, 3.05) is 25.5 Å². The molecule has 3 rings (SSSR count). The molecule has 0 aromatic heterocycles. The SMILES string of the molecule is CCN(CC(=O)Nc1cccc(OC)c1)C(=O)C(c1ccccc1)c1ccccc1. The van der Waals surface area contributed by atoms with Gasteiger partial charge in [-0.05, 0) is 30.2 Å². The van der Waals surface area contributed by atoms with Crippen molar-refractivity contribution in [3.05, 3.63) is 96.1 Å². The van der Waals surface area contributed by atoms with E-state index in [0.717, 1.165) is 11.1 Å². The van der Waals surface area contributed by atoms with Crippen LogP contribution in [0.1, 0.15) is 24.0 Å². The Kier molecular flexibility index (Phi) is 7.22. The maximum absolute atomic E-state index is 13.5. The lowest BCUT2D eigenvalue weighted by atomic mass is 9.90. The van der Waals surface area contributed by atoms with Crippen molar-refractivity contribution < 1.29 is 14.3 Å². The third-order valence-corrected chi connectivity index (χ3v) is 4.89. The molecule has 0 heterocycles. The lowest BCUT2D eigenvalue weighted by Gasteiger charge is -2.26. The number of nitrogens with one attached hydrogen (secondary N) is 1. The monoisotopic (exact) mass is 402 g/mol. The Morgan fingerprint density at radius 1 is 0.900 bits per heavy atom. The fourth-order valence-corrected chi connectivity index (χ4v) is 3.37. The van der Waals surface area contributed by atoms with Gasteiger partial charge in [0.2, 0.25) is 11.8 Å². The molecule has 154 valence electrons. The Hall–Kier alpha value is -3.60. The Morgan fingerprint density at radius 3 is 2.03 bits per heavy atom. The molecule has 0 saturated carbocycles. The lowest BCUT2D eigenvalue weighted by Crippen LogP contribution is -2.40. The van der Waals surface area contributed by atoms with E-state index in [4.69, 9.17) is 4.74 Å². The molecule has 0 unspecified atom stereocenters. The lowest BCUT2D eigenvalue weighted by molar-refractivity contribution is -0.135. The molecule has 5 heteroatoms. The van der Waals surface area contributed by atoms with Crippen LogP contribution in [0.2, 0.25) is 0 Å². The van der Waals surface area contributed by atoms with Crippen LogP contribution < -0.4 is 10.1 Å². The molecule has 3 aromatic carbocycles. The van der Waals surface area contributed by atoms with Crippen molar-refractivity contribution >= 4 is 17.5 Å². The number of rotatable bonds is 8. The number of carbonyl (C=O) groups excluding carboxylic acids is 2. The summed E-state index contributed by atoms with van der Waals surface area (Å²) in [5.74, 6) is -0.157. The van der Waals surface area contributed by atoms with E-state index in [0.29, 0.717) is 18.0 Å². The van der Waals surface area contributed by atoms with E-state index >= 15 is 0 Å². The van der Waals surface area contributed by atoms with E-state index in [-0.39, 0.29) is 18.4 Å². The minimum absolute atomic E-state index is 0.0251. The van der Waals surface area contributed by atoms with Gasteiger partial charge in [-0.1, -0.05) is 66.7 Å². The number of likely N-dealkylation sites (N-methyl/N-ethyl adjacent to an activating group) is 1. The van der Waals surface area contributed by atoms with Crippen LogP contribution in [0, 0.1) is 0 Å². The number of hydrogen-bond acceptors (Lipinski definition) is 3. The van der Waals surface area contributed by atoms with E-state index in [1.165, 1.54) is 0 Å². The summed E-state index contributed by atoms with van der Waals surface area (Å²) < 4.78 is 5.19. The van der Waals surface area contributed by atoms with Crippen molar-refractivity contribution in [3.63, 3.8) is 0 Å². The largest absolute Gasteiger partial charge is 0.497 e. The van der Waals surface area contributed by atoms with Crippen LogP contribution in [-0.4, -0.2) is 36.9 Å². The number of methoxy groups -OCH3 is 1. The summed E-state index contributed by atoms with van der Waals surface area (Å²) in [6.07, 6.45) is 0. The summed E-state index contributed by atoms with van der Waals surface area (Å²) in [6, 6.07) is 26.5. The molecular formula is C25H26N2O3. The topological polar surface area (TPSA) is 58.6 Å². The van der Waals surface area contributed by atoms with E-state index in [1.807, 2.05) is 73.7 Å². The van der Waals surface area contributed by atoms with Gasteiger partial charge in [0.25, 0.3) is 0 Å². The van der Waals surface area contributed by atoms with Crippen molar-refractivity contribution in [2.45, 2.75) is 12.8 Å². The smallest absolute Gasteiger partial charge is 0.243 e. The second-order valence-corrected chi connectivity index (χ2v) is 6.89. The van der Waals surface area contributed by atoms with Crippen LogP contribution in [0.15, 0.2) is 84.9 Å². The number of ether oxygens (including phenoxy) is 1. The normalized spacial score (nSPS) is 10.5. The van der Waals surface area contributed by atoms with Crippen molar-refractivity contribution in [3.8, 4) is 5.75 Å². The molecule has 0 spiro atoms. The van der Waals surface area contributed by atoms with E-state index in [1.54, 1.807) is 30.2 Å². The number of anilines is 1. The van der Waals surface area contributed by atoms with Crippen LogP contribution in [0.3, 0.4) is 0 Å². The Morgan fingerprint density at radius 2 is 1.50 bits per heavy atom. The summed E-state index contributed by atoms with van der Waals surface area (Å²) in [5, 5.41) is 2.84. The zero-order valence-corrected chi connectivity index (χ0v) is 17.2. The van der Waals surface area contributed by atoms with Gasteiger partial charge in [-0.3, -0.25) is 9.59 Å². The van der Waals surface area contributed by atoms with Crippen molar-refractivity contribution in [1.29, 1.82) is 0 Å². The molecule has 2 amide bonds. The third-order valence-electron chi connectivity index (χ3n) is 4.89. The predicted octanol–water partition coefficient (Wildman–Crippen LogP) is 4.31. The number of amides is 2. The zero-order chi connectivity index (χ0) is 21.3. The Labute approximate surface area is 177 Å². The molecule has 3 aromatic rings. The predicted molar refractivity (Wildman–Crippen MR) is 119 cm³/mol. The fraction of sp³-hybridized carbons (Fsp3) is 0.200. The summed E-state index contributed by atoms with van der Waals surface area (Å²) in [4.78, 5) is 27.7. The van der Waals surface area contributed by atoms with Gasteiger partial charge in [0, 0.05) is 18.3 Å². The van der Waals surface area contributed by atoms with Gasteiger partial charge in [-0.15, -0.1) is 0 Å². The van der Waals surface area contributed by atoms with Gasteiger partial charge in [0.05, 0.1) is 19.6 Å². The van der Waals surface area contributed by atoms with Crippen molar-refractivity contribution in [1.82, 2.24) is 4.90 Å². The molecule has 0 aliphatic heterocycles. The maximum Gasteiger partial charge on any atom is 0.243 e. The minimum Gasteiger partial charge on any atom is -0.497 e. The van der Waals surface area contributed by atoms with Gasteiger partial charge in [-0.2, -0.15) is 0 Å². The van der Waals surface area contributed by atoms with Gasteiger partial charge in [0.15, 0.2) is 0 Å². The average molecular weight is 402 g/mol. The molecule has 0 saturated heterocycles. The zero-order valence-electron chi connectivity index (χ0n) is 17.2. The number of nitrogens with zero attached hydrogens (tertiary/aromatic N) is 1. The first-order chi connectivity index (χ1) is 14.6. The highest BCUT2D eigenvalue weighted by Gasteiger charge is 2.27. The molecule has 0 atom stereocenters. The van der Waals surface area contributed by atoms with Crippen LogP contribution >= 0.6 is 0 Å². The van der Waals surface area contributed by atoms with Gasteiger partial charge < -0.3 is 15.0 Å². The maximum atomic E-state index is 13.5. The Balaban J connectivity index is 1.79. The molecule has 0 bridgehead atoms. The van der Waals surface area contributed by atoms with Gasteiger partial charge in [-0.25, -0.2) is 0 Å². The average Bonchev–Trinajstić information content (AvgIpc) is 2.79. The first-order valence-electron chi connectivity index (χ1n) is 9.95. The quantitative estimate of drug-likeness (QED) is 0.611. The van der Waals surface area contributed by atoms with Crippen LogP contribution in [0.4, 0.5) is 5.69 Å². The van der Waals surface area contributed by atoms with E-state index < -0.39 is 5.92 Å². The Bertz CT molecular complexity index is 934. The number of benzene rings is 3. The summed E-state index contributed by atoms with van der Waals surface area (Å²) in [5.41, 5.74) is 2.44. The molecule has 0 aliphatic rings. The van der Waals surface area contributed by atoms with Crippen molar-refractivity contribution in [2.24, 2.45) is 0 Å². The molecular weight excluding hydrogens is 376 g/mol. The van der Waals surface area contributed by atoms with Gasteiger partial charge in [0.1, 0.15) is 5.75 Å². The highest BCUT2D eigenvalue weighted by atomic mass is 16.5.